The Hall–Kier alpha value is -1.10. The fourth-order valence-corrected chi connectivity index (χ4v) is 3.48. The maximum atomic E-state index is 12.6. The van der Waals surface area contributed by atoms with Gasteiger partial charge in [0.1, 0.15) is 0 Å². The Morgan fingerprint density at radius 1 is 0.958 bits per heavy atom. The van der Waals surface area contributed by atoms with Crippen molar-refractivity contribution in [2.75, 3.05) is 6.54 Å². The number of esters is 1. The summed E-state index contributed by atoms with van der Waals surface area (Å²) in [6.07, 6.45) is 7.38. The number of ether oxygens (including phenoxy) is 1. The quantitative estimate of drug-likeness (QED) is 0.619. The predicted molar refractivity (Wildman–Crippen MR) is 91.8 cm³/mol. The van der Waals surface area contributed by atoms with Gasteiger partial charge < -0.3 is 9.57 Å². The summed E-state index contributed by atoms with van der Waals surface area (Å²) in [5, 5.41) is 1.58. The fraction of sp³-hybridized carbons (Fsp3) is 0.895. The Kier molecular flexibility index (Phi) is 6.29. The number of rotatable bonds is 0. The molecule has 0 N–H and O–H groups in total. The minimum Gasteiger partial charge on any atom is -0.443 e. The molecule has 2 fully saturated rings. The summed E-state index contributed by atoms with van der Waals surface area (Å²) in [6.45, 7) is 8.99. The molecule has 1 unspecified atom stereocenters. The largest absolute Gasteiger partial charge is 0.443 e. The Morgan fingerprint density at radius 3 is 2.42 bits per heavy atom. The van der Waals surface area contributed by atoms with Crippen LogP contribution in [0.3, 0.4) is 0 Å². The molecular weight excluding hydrogens is 306 g/mol. The molecule has 0 aromatic carbocycles. The van der Waals surface area contributed by atoms with Crippen LogP contribution in [0.2, 0.25) is 0 Å². The zero-order valence-corrected chi connectivity index (χ0v) is 15.7. The van der Waals surface area contributed by atoms with Crippen LogP contribution in [0.1, 0.15) is 85.5 Å². The first-order valence-electron chi connectivity index (χ1n) is 9.38. The van der Waals surface area contributed by atoms with Crippen LogP contribution in [0, 0.1) is 10.8 Å². The van der Waals surface area contributed by atoms with E-state index in [1.54, 1.807) is 5.06 Å². The van der Waals surface area contributed by atoms with E-state index in [0.29, 0.717) is 13.0 Å². The maximum Gasteiger partial charge on any atom is 0.330 e. The number of fused-ring (bicyclic) bond motifs is 1. The standard InChI is InChI=1S/C19H33NO4/c1-18(2)11-7-10-16(21)23-15-9-5-6-14-20(15)24-17(22)19(3,4)13-8-12-18/h15H,5-14H2,1-4H3. The number of nitrogens with zero attached hydrogens (tertiary/aromatic N) is 1. The summed E-state index contributed by atoms with van der Waals surface area (Å²) >= 11 is 0. The van der Waals surface area contributed by atoms with Crippen LogP contribution in [0.5, 0.6) is 0 Å². The lowest BCUT2D eigenvalue weighted by molar-refractivity contribution is -0.257. The van der Waals surface area contributed by atoms with Gasteiger partial charge in [-0.3, -0.25) is 4.79 Å². The molecule has 5 nitrogen and oxygen atoms in total. The van der Waals surface area contributed by atoms with Gasteiger partial charge in [0.15, 0.2) is 6.23 Å². The molecule has 1 atom stereocenters. The molecule has 0 aliphatic carbocycles. The minimum absolute atomic E-state index is 0.182. The fourth-order valence-electron chi connectivity index (χ4n) is 3.48. The summed E-state index contributed by atoms with van der Waals surface area (Å²) < 4.78 is 5.59. The highest BCUT2D eigenvalue weighted by Crippen LogP contribution is 2.34. The van der Waals surface area contributed by atoms with Crippen molar-refractivity contribution in [1.82, 2.24) is 5.06 Å². The second kappa shape index (κ2) is 7.85. The molecular formula is C19H33NO4. The highest BCUT2D eigenvalue weighted by Gasteiger charge is 2.36. The second-order valence-corrected chi connectivity index (χ2v) is 8.71. The minimum atomic E-state index is -0.522. The first kappa shape index (κ1) is 19.2. The Bertz CT molecular complexity index is 458. The van der Waals surface area contributed by atoms with Crippen LogP contribution in [-0.2, 0) is 19.2 Å². The van der Waals surface area contributed by atoms with Crippen LogP contribution < -0.4 is 0 Å². The summed E-state index contributed by atoms with van der Waals surface area (Å²) in [6, 6.07) is 0. The maximum absolute atomic E-state index is 12.6. The number of carbonyl (C=O) groups is 2. The van der Waals surface area contributed by atoms with Crippen molar-refractivity contribution in [2.45, 2.75) is 91.7 Å². The summed E-state index contributed by atoms with van der Waals surface area (Å²) in [5.74, 6) is -0.407. The SMILES string of the molecule is CC1(C)CCCC(=O)OC2CCCCN2OC(=O)C(C)(C)CCC1. The van der Waals surface area contributed by atoms with Crippen LogP contribution in [-0.4, -0.2) is 29.8 Å². The summed E-state index contributed by atoms with van der Waals surface area (Å²) in [5.41, 5.74) is -0.340. The van der Waals surface area contributed by atoms with Crippen molar-refractivity contribution in [2.24, 2.45) is 10.8 Å². The van der Waals surface area contributed by atoms with E-state index >= 15 is 0 Å². The molecule has 24 heavy (non-hydrogen) atoms. The molecule has 0 aromatic heterocycles. The Labute approximate surface area is 146 Å². The van der Waals surface area contributed by atoms with Crippen molar-refractivity contribution in [1.29, 1.82) is 0 Å². The van der Waals surface area contributed by atoms with Gasteiger partial charge in [-0.2, -0.15) is 0 Å². The molecule has 2 saturated heterocycles. The third-order valence-corrected chi connectivity index (χ3v) is 5.31. The van der Waals surface area contributed by atoms with Crippen LogP contribution in [0.4, 0.5) is 0 Å². The second-order valence-electron chi connectivity index (χ2n) is 8.71. The third kappa shape index (κ3) is 5.47. The lowest BCUT2D eigenvalue weighted by Gasteiger charge is -2.36. The van der Waals surface area contributed by atoms with Crippen molar-refractivity contribution in [3.05, 3.63) is 0 Å². The van der Waals surface area contributed by atoms with E-state index in [1.165, 1.54) is 0 Å². The lowest BCUT2D eigenvalue weighted by atomic mass is 9.79. The van der Waals surface area contributed by atoms with Crippen molar-refractivity contribution in [3.8, 4) is 0 Å². The molecule has 0 amide bonds. The lowest BCUT2D eigenvalue weighted by Crippen LogP contribution is -2.45. The molecule has 0 saturated carbocycles. The molecule has 0 radical (unpaired) electrons. The summed E-state index contributed by atoms with van der Waals surface area (Å²) in [4.78, 5) is 30.4. The number of hydrogen-bond acceptors (Lipinski definition) is 5. The van der Waals surface area contributed by atoms with E-state index in [0.717, 1.165) is 51.4 Å². The molecule has 138 valence electrons. The highest BCUT2D eigenvalue weighted by molar-refractivity contribution is 5.75. The van der Waals surface area contributed by atoms with Gasteiger partial charge in [0.05, 0.1) is 5.41 Å². The third-order valence-electron chi connectivity index (χ3n) is 5.31. The number of piperidine rings is 1. The van der Waals surface area contributed by atoms with Gasteiger partial charge in [0.2, 0.25) is 0 Å². The van der Waals surface area contributed by atoms with E-state index in [-0.39, 0.29) is 17.4 Å². The number of carbonyl (C=O) groups excluding carboxylic acids is 2. The van der Waals surface area contributed by atoms with E-state index < -0.39 is 11.6 Å². The van der Waals surface area contributed by atoms with Gasteiger partial charge in [0, 0.05) is 19.4 Å². The molecule has 2 aliphatic heterocycles. The first-order chi connectivity index (χ1) is 11.2. The smallest absolute Gasteiger partial charge is 0.330 e. The highest BCUT2D eigenvalue weighted by atomic mass is 16.7. The van der Waals surface area contributed by atoms with Crippen molar-refractivity contribution < 1.29 is 19.2 Å². The Morgan fingerprint density at radius 2 is 1.67 bits per heavy atom. The van der Waals surface area contributed by atoms with Crippen molar-refractivity contribution >= 4 is 11.9 Å². The predicted octanol–water partition coefficient (Wildman–Crippen LogP) is 4.21. The van der Waals surface area contributed by atoms with Crippen molar-refractivity contribution in [3.63, 3.8) is 0 Å². The van der Waals surface area contributed by atoms with E-state index in [2.05, 4.69) is 13.8 Å². The van der Waals surface area contributed by atoms with E-state index in [1.807, 2.05) is 13.8 Å². The van der Waals surface area contributed by atoms with Crippen LogP contribution >= 0.6 is 0 Å². The van der Waals surface area contributed by atoms with Crippen LogP contribution in [0.25, 0.3) is 0 Å². The zero-order chi connectivity index (χ0) is 17.8. The zero-order valence-electron chi connectivity index (χ0n) is 15.7. The molecule has 2 heterocycles. The molecule has 0 spiro atoms. The summed E-state index contributed by atoms with van der Waals surface area (Å²) in [7, 11) is 0. The average Bonchev–Trinajstić information content (AvgIpc) is 2.47. The molecule has 0 aromatic rings. The van der Waals surface area contributed by atoms with Gasteiger partial charge in [-0.1, -0.05) is 25.3 Å². The van der Waals surface area contributed by atoms with Gasteiger partial charge in [-0.05, 0) is 57.8 Å². The number of hydrogen-bond donors (Lipinski definition) is 0. The van der Waals surface area contributed by atoms with Gasteiger partial charge in [-0.25, -0.2) is 4.79 Å². The van der Waals surface area contributed by atoms with Gasteiger partial charge in [-0.15, -0.1) is 0 Å². The normalized spacial score (nSPS) is 29.8. The van der Waals surface area contributed by atoms with E-state index in [4.69, 9.17) is 9.57 Å². The first-order valence-corrected chi connectivity index (χ1v) is 9.38. The molecule has 2 aliphatic rings. The monoisotopic (exact) mass is 339 g/mol. The average molecular weight is 339 g/mol. The Balaban J connectivity index is 2.11. The molecule has 5 heteroatoms. The van der Waals surface area contributed by atoms with E-state index in [9.17, 15) is 9.59 Å². The molecule has 2 rings (SSSR count). The van der Waals surface area contributed by atoms with Crippen LogP contribution in [0.15, 0.2) is 0 Å². The topological polar surface area (TPSA) is 55.8 Å². The van der Waals surface area contributed by atoms with Gasteiger partial charge >= 0.3 is 11.9 Å². The van der Waals surface area contributed by atoms with Gasteiger partial charge in [0.25, 0.3) is 0 Å². The molecule has 0 bridgehead atoms. The number of hydroxylamine groups is 2.